The fourth-order valence-corrected chi connectivity index (χ4v) is 3.32. The Kier molecular flexibility index (Phi) is 4.19. The zero-order chi connectivity index (χ0) is 14.9. The van der Waals surface area contributed by atoms with Gasteiger partial charge >= 0.3 is 0 Å². The van der Waals surface area contributed by atoms with Gasteiger partial charge in [-0.15, -0.1) is 0 Å². The molecule has 7 heteroatoms. The van der Waals surface area contributed by atoms with Crippen molar-refractivity contribution in [2.45, 2.75) is 32.3 Å². The lowest BCUT2D eigenvalue weighted by Gasteiger charge is -2.09. The van der Waals surface area contributed by atoms with Crippen LogP contribution < -0.4 is 4.72 Å². The quantitative estimate of drug-likeness (QED) is 0.914. The summed E-state index contributed by atoms with van der Waals surface area (Å²) in [5.41, 5.74) is 1.39. The summed E-state index contributed by atoms with van der Waals surface area (Å²) >= 11 is 3.33. The van der Waals surface area contributed by atoms with Crippen molar-refractivity contribution < 1.29 is 8.42 Å². The molecule has 0 aliphatic rings. The summed E-state index contributed by atoms with van der Waals surface area (Å²) < 4.78 is 29.9. The van der Waals surface area contributed by atoms with E-state index in [0.717, 1.165) is 10.0 Å². The van der Waals surface area contributed by atoms with E-state index in [9.17, 15) is 8.42 Å². The molecular formula is C13H16BrN3O2S. The molecule has 1 aromatic carbocycles. The highest BCUT2D eigenvalue weighted by Gasteiger charge is 2.19. The third-order valence-corrected chi connectivity index (χ3v) is 4.74. The van der Waals surface area contributed by atoms with Crippen LogP contribution >= 0.6 is 15.9 Å². The number of sulfonamides is 1. The molecular weight excluding hydrogens is 342 g/mol. The number of nitrogens with one attached hydrogen (secondary N) is 1. The Labute approximate surface area is 127 Å². The second-order valence-corrected chi connectivity index (χ2v) is 7.02. The monoisotopic (exact) mass is 357 g/mol. The van der Waals surface area contributed by atoms with Gasteiger partial charge in [0, 0.05) is 17.2 Å². The van der Waals surface area contributed by atoms with E-state index in [0.29, 0.717) is 18.1 Å². The minimum atomic E-state index is -3.67. The zero-order valence-corrected chi connectivity index (χ0v) is 13.9. The smallest absolute Gasteiger partial charge is 0.280 e. The van der Waals surface area contributed by atoms with Crippen molar-refractivity contribution in [3.63, 3.8) is 0 Å². The van der Waals surface area contributed by atoms with Crippen LogP contribution in [0, 0.1) is 13.8 Å². The molecule has 5 nitrogen and oxygen atoms in total. The third-order valence-electron chi connectivity index (χ3n) is 3.01. The minimum Gasteiger partial charge on any atom is -0.334 e. The SMILES string of the molecule is CCn1cc(S(=O)(=O)Nc2cc(Br)ccc2C)nc1C. The van der Waals surface area contributed by atoms with Gasteiger partial charge in [0.15, 0.2) is 5.03 Å². The van der Waals surface area contributed by atoms with Gasteiger partial charge in [0.05, 0.1) is 5.69 Å². The molecule has 0 radical (unpaired) electrons. The van der Waals surface area contributed by atoms with Crippen LogP contribution in [0.1, 0.15) is 18.3 Å². The summed E-state index contributed by atoms with van der Waals surface area (Å²) in [6, 6.07) is 5.44. The minimum absolute atomic E-state index is 0.0382. The normalized spacial score (nSPS) is 11.6. The maximum absolute atomic E-state index is 12.3. The van der Waals surface area contributed by atoms with E-state index < -0.39 is 10.0 Å². The van der Waals surface area contributed by atoms with E-state index in [2.05, 4.69) is 25.6 Å². The molecule has 0 amide bonds. The van der Waals surface area contributed by atoms with Gasteiger partial charge in [0.2, 0.25) is 0 Å². The first kappa shape index (κ1) is 15.1. The largest absolute Gasteiger partial charge is 0.334 e. The summed E-state index contributed by atoms with van der Waals surface area (Å²) in [5.74, 6) is 0.679. The Morgan fingerprint density at radius 1 is 1.35 bits per heavy atom. The predicted molar refractivity (Wildman–Crippen MR) is 82.3 cm³/mol. The topological polar surface area (TPSA) is 64.0 Å². The van der Waals surface area contributed by atoms with E-state index in [1.807, 2.05) is 26.0 Å². The number of aromatic nitrogens is 2. The molecule has 108 valence electrons. The molecule has 0 saturated heterocycles. The zero-order valence-electron chi connectivity index (χ0n) is 11.5. The van der Waals surface area contributed by atoms with Gasteiger partial charge in [0.25, 0.3) is 10.0 Å². The summed E-state index contributed by atoms with van der Waals surface area (Å²) in [5, 5.41) is 0.0382. The molecule has 0 saturated carbocycles. The van der Waals surface area contributed by atoms with E-state index in [1.165, 1.54) is 0 Å². The van der Waals surface area contributed by atoms with Gasteiger partial charge in [-0.2, -0.15) is 8.42 Å². The van der Waals surface area contributed by atoms with E-state index in [1.54, 1.807) is 23.8 Å². The van der Waals surface area contributed by atoms with Crippen LogP contribution in [0.2, 0.25) is 0 Å². The molecule has 0 atom stereocenters. The number of rotatable bonds is 4. The molecule has 0 aliphatic heterocycles. The first-order chi connectivity index (χ1) is 9.33. The van der Waals surface area contributed by atoms with Crippen LogP contribution in [-0.2, 0) is 16.6 Å². The number of hydrogen-bond donors (Lipinski definition) is 1. The van der Waals surface area contributed by atoms with Gasteiger partial charge in [-0.05, 0) is 38.5 Å². The van der Waals surface area contributed by atoms with Crippen molar-refractivity contribution in [3.8, 4) is 0 Å². The van der Waals surface area contributed by atoms with Gasteiger partial charge in [-0.25, -0.2) is 4.98 Å². The van der Waals surface area contributed by atoms with E-state index >= 15 is 0 Å². The number of nitrogens with zero attached hydrogens (tertiary/aromatic N) is 2. The molecule has 0 spiro atoms. The van der Waals surface area contributed by atoms with Gasteiger partial charge in [-0.1, -0.05) is 22.0 Å². The maximum Gasteiger partial charge on any atom is 0.280 e. The van der Waals surface area contributed by atoms with E-state index in [4.69, 9.17) is 0 Å². The Morgan fingerprint density at radius 2 is 2.05 bits per heavy atom. The lowest BCUT2D eigenvalue weighted by molar-refractivity contribution is 0.598. The van der Waals surface area contributed by atoms with Gasteiger partial charge in [-0.3, -0.25) is 4.72 Å². The molecule has 1 heterocycles. The highest BCUT2D eigenvalue weighted by molar-refractivity contribution is 9.10. The van der Waals surface area contributed by atoms with Crippen LogP contribution in [0.4, 0.5) is 5.69 Å². The molecule has 0 bridgehead atoms. The first-order valence-corrected chi connectivity index (χ1v) is 8.44. The van der Waals surface area contributed by atoms with Crippen molar-refractivity contribution in [3.05, 3.63) is 40.3 Å². The molecule has 0 fully saturated rings. The number of imidazole rings is 1. The molecule has 2 aromatic rings. The lowest BCUT2D eigenvalue weighted by Crippen LogP contribution is -2.14. The molecule has 20 heavy (non-hydrogen) atoms. The Hall–Kier alpha value is -1.34. The summed E-state index contributed by atoms with van der Waals surface area (Å²) in [6.45, 7) is 6.26. The number of halogens is 1. The van der Waals surface area contributed by atoms with Crippen LogP contribution in [0.3, 0.4) is 0 Å². The highest BCUT2D eigenvalue weighted by Crippen LogP contribution is 2.23. The first-order valence-electron chi connectivity index (χ1n) is 6.16. The van der Waals surface area contributed by atoms with Crippen molar-refractivity contribution in [2.24, 2.45) is 0 Å². The van der Waals surface area contributed by atoms with Crippen molar-refractivity contribution in [2.75, 3.05) is 4.72 Å². The average molecular weight is 358 g/mol. The molecule has 1 aromatic heterocycles. The van der Waals surface area contributed by atoms with Crippen molar-refractivity contribution in [1.82, 2.24) is 9.55 Å². The van der Waals surface area contributed by atoms with Crippen LogP contribution in [0.5, 0.6) is 0 Å². The standard InChI is InChI=1S/C13H16BrN3O2S/c1-4-17-8-13(15-10(17)3)20(18,19)16-12-7-11(14)6-5-9(12)2/h5-8,16H,4H2,1-3H3. The van der Waals surface area contributed by atoms with Gasteiger partial charge in [0.1, 0.15) is 5.82 Å². The number of aryl methyl sites for hydroxylation is 3. The Bertz CT molecular complexity index is 738. The fraction of sp³-hybridized carbons (Fsp3) is 0.308. The Balaban J connectivity index is 2.37. The fourth-order valence-electron chi connectivity index (χ4n) is 1.83. The molecule has 1 N–H and O–H groups in total. The second-order valence-electron chi connectivity index (χ2n) is 4.48. The highest BCUT2D eigenvalue weighted by atomic mass is 79.9. The van der Waals surface area contributed by atoms with Gasteiger partial charge < -0.3 is 4.57 Å². The number of anilines is 1. The van der Waals surface area contributed by atoms with Crippen LogP contribution in [0.25, 0.3) is 0 Å². The maximum atomic E-state index is 12.3. The summed E-state index contributed by atoms with van der Waals surface area (Å²) in [6.07, 6.45) is 1.55. The van der Waals surface area contributed by atoms with Crippen molar-refractivity contribution >= 4 is 31.6 Å². The molecule has 2 rings (SSSR count). The van der Waals surface area contributed by atoms with Crippen molar-refractivity contribution in [1.29, 1.82) is 0 Å². The molecule has 0 aliphatic carbocycles. The average Bonchev–Trinajstić information content (AvgIpc) is 2.76. The molecule has 0 unspecified atom stereocenters. The van der Waals surface area contributed by atoms with Crippen LogP contribution in [-0.4, -0.2) is 18.0 Å². The Morgan fingerprint density at radius 3 is 2.65 bits per heavy atom. The third kappa shape index (κ3) is 3.04. The number of hydrogen-bond acceptors (Lipinski definition) is 3. The number of benzene rings is 1. The summed E-state index contributed by atoms with van der Waals surface area (Å²) in [7, 11) is -3.67. The predicted octanol–water partition coefficient (Wildman–Crippen LogP) is 3.08. The lowest BCUT2D eigenvalue weighted by atomic mass is 10.2. The van der Waals surface area contributed by atoms with Crippen LogP contribution in [0.15, 0.2) is 33.9 Å². The van der Waals surface area contributed by atoms with E-state index in [-0.39, 0.29) is 5.03 Å². The summed E-state index contributed by atoms with van der Waals surface area (Å²) in [4.78, 5) is 4.10. The second kappa shape index (κ2) is 5.57.